The highest BCUT2D eigenvalue weighted by Gasteiger charge is 2.21. The van der Waals surface area contributed by atoms with E-state index in [4.69, 9.17) is 16.6 Å². The van der Waals surface area contributed by atoms with Gasteiger partial charge in [0, 0.05) is 25.2 Å². The maximum absolute atomic E-state index is 11.9. The quantitative estimate of drug-likeness (QED) is 0.505. The number of nitrogens with one attached hydrogen (secondary N) is 2. The number of hydrogen-bond acceptors (Lipinski definition) is 6. The second-order valence-electron chi connectivity index (χ2n) is 4.82. The molecule has 0 fully saturated rings. The summed E-state index contributed by atoms with van der Waals surface area (Å²) in [7, 11) is 0. The van der Waals surface area contributed by atoms with E-state index in [1.807, 2.05) is 4.90 Å². The van der Waals surface area contributed by atoms with Gasteiger partial charge in [0.25, 0.3) is 5.56 Å². The maximum atomic E-state index is 11.9. The van der Waals surface area contributed by atoms with Crippen molar-refractivity contribution in [2.24, 2.45) is 0 Å². The van der Waals surface area contributed by atoms with Crippen LogP contribution in [0.2, 0.25) is 0 Å². The molecule has 0 spiro atoms. The van der Waals surface area contributed by atoms with E-state index in [2.05, 4.69) is 9.97 Å². The molecule has 1 aliphatic heterocycles. The van der Waals surface area contributed by atoms with Crippen LogP contribution in [0.25, 0.3) is 0 Å². The average Bonchev–Trinajstić information content (AvgIpc) is 2.88. The van der Waals surface area contributed by atoms with Crippen molar-refractivity contribution in [1.82, 2.24) is 14.9 Å². The molecule has 0 saturated heterocycles. The Morgan fingerprint density at radius 1 is 1.43 bits per heavy atom. The fourth-order valence-electron chi connectivity index (χ4n) is 2.42. The van der Waals surface area contributed by atoms with E-state index < -0.39 is 4.92 Å². The van der Waals surface area contributed by atoms with Crippen molar-refractivity contribution in [1.29, 1.82) is 0 Å². The summed E-state index contributed by atoms with van der Waals surface area (Å²) in [5.41, 5.74) is 1.31. The van der Waals surface area contributed by atoms with Crippen LogP contribution in [0.4, 0.5) is 5.88 Å². The number of furan rings is 1. The van der Waals surface area contributed by atoms with E-state index in [9.17, 15) is 14.9 Å². The fraction of sp³-hybridized carbons (Fsp3) is 0.333. The van der Waals surface area contributed by atoms with Gasteiger partial charge in [-0.25, -0.2) is 0 Å². The average molecular weight is 308 g/mol. The Hall–Kier alpha value is -2.26. The van der Waals surface area contributed by atoms with Crippen LogP contribution in [0.15, 0.2) is 21.3 Å². The summed E-state index contributed by atoms with van der Waals surface area (Å²) in [6.07, 6.45) is 0.672. The van der Waals surface area contributed by atoms with Crippen molar-refractivity contribution in [2.45, 2.75) is 19.5 Å². The van der Waals surface area contributed by atoms with Gasteiger partial charge in [0.1, 0.15) is 10.7 Å². The molecule has 0 atom stereocenters. The van der Waals surface area contributed by atoms with E-state index >= 15 is 0 Å². The van der Waals surface area contributed by atoms with Gasteiger partial charge in [-0.2, -0.15) is 0 Å². The van der Waals surface area contributed by atoms with Crippen molar-refractivity contribution >= 4 is 18.1 Å². The van der Waals surface area contributed by atoms with Crippen molar-refractivity contribution in [3.63, 3.8) is 0 Å². The molecule has 1 aliphatic rings. The monoisotopic (exact) mass is 308 g/mol. The molecule has 2 aromatic rings. The number of hydrogen-bond donors (Lipinski definition) is 2. The van der Waals surface area contributed by atoms with Crippen LogP contribution in [-0.4, -0.2) is 26.3 Å². The smallest absolute Gasteiger partial charge is 0.404 e. The number of aromatic nitrogens is 2. The first-order valence-corrected chi connectivity index (χ1v) is 6.73. The summed E-state index contributed by atoms with van der Waals surface area (Å²) in [6.45, 7) is 1.59. The van der Waals surface area contributed by atoms with Crippen molar-refractivity contribution in [3.8, 4) is 0 Å². The molecule has 0 bridgehead atoms. The number of aromatic amines is 2. The molecule has 21 heavy (non-hydrogen) atoms. The van der Waals surface area contributed by atoms with Crippen LogP contribution < -0.4 is 5.56 Å². The predicted molar refractivity (Wildman–Crippen MR) is 75.4 cm³/mol. The van der Waals surface area contributed by atoms with Crippen LogP contribution >= 0.6 is 12.2 Å². The second kappa shape index (κ2) is 5.26. The highest BCUT2D eigenvalue weighted by atomic mass is 32.1. The standard InChI is InChI=1S/C12H12N4O4S/c17-11-8-6-15(4-3-9(8)13-12(21)14-11)5-7-1-2-10(20-7)16(18)19/h1-2H,3-6H2,(H2,13,14,17,21). The largest absolute Gasteiger partial charge is 0.433 e. The number of nitro groups is 1. The van der Waals surface area contributed by atoms with Crippen molar-refractivity contribution in [3.05, 3.63) is 54.4 Å². The summed E-state index contributed by atoms with van der Waals surface area (Å²) in [5, 5.41) is 10.6. The molecule has 3 rings (SSSR count). The van der Waals surface area contributed by atoms with Crippen molar-refractivity contribution in [2.75, 3.05) is 6.54 Å². The number of fused-ring (bicyclic) bond motifs is 1. The summed E-state index contributed by atoms with van der Waals surface area (Å²) in [6, 6.07) is 2.91. The van der Waals surface area contributed by atoms with Gasteiger partial charge in [-0.1, -0.05) is 0 Å². The first-order chi connectivity index (χ1) is 10.0. The third kappa shape index (κ3) is 2.78. The lowest BCUT2D eigenvalue weighted by Crippen LogP contribution is -2.35. The zero-order valence-electron chi connectivity index (χ0n) is 10.9. The summed E-state index contributed by atoms with van der Waals surface area (Å²) in [5.74, 6) is 0.231. The Balaban J connectivity index is 1.78. The molecule has 0 amide bonds. The van der Waals surface area contributed by atoms with Gasteiger partial charge in [0.05, 0.1) is 18.2 Å². The second-order valence-corrected chi connectivity index (χ2v) is 5.23. The van der Waals surface area contributed by atoms with E-state index in [1.165, 1.54) is 6.07 Å². The fourth-order valence-corrected chi connectivity index (χ4v) is 2.63. The van der Waals surface area contributed by atoms with Crippen LogP contribution in [0.5, 0.6) is 0 Å². The molecule has 3 heterocycles. The molecule has 2 N–H and O–H groups in total. The van der Waals surface area contributed by atoms with Crippen molar-refractivity contribution < 1.29 is 9.34 Å². The Morgan fingerprint density at radius 2 is 2.24 bits per heavy atom. The zero-order valence-corrected chi connectivity index (χ0v) is 11.7. The SMILES string of the molecule is O=c1[nH]c(=S)[nH]c2c1CN(Cc1ccc([N+](=O)[O-])o1)CC2. The molecule has 9 heteroatoms. The van der Waals surface area contributed by atoms with Gasteiger partial charge in [0.15, 0.2) is 4.77 Å². The van der Waals surface area contributed by atoms with Gasteiger partial charge < -0.3 is 9.40 Å². The summed E-state index contributed by atoms with van der Waals surface area (Å²) in [4.78, 5) is 29.5. The maximum Gasteiger partial charge on any atom is 0.433 e. The number of nitrogens with zero attached hydrogens (tertiary/aromatic N) is 2. The Morgan fingerprint density at radius 3 is 2.95 bits per heavy atom. The van der Waals surface area contributed by atoms with Gasteiger partial charge >= 0.3 is 5.88 Å². The molecule has 0 aromatic carbocycles. The van der Waals surface area contributed by atoms with E-state index in [0.717, 1.165) is 12.2 Å². The third-order valence-electron chi connectivity index (χ3n) is 3.40. The Kier molecular flexibility index (Phi) is 3.43. The minimum Gasteiger partial charge on any atom is -0.404 e. The summed E-state index contributed by atoms with van der Waals surface area (Å²) >= 11 is 4.94. The highest BCUT2D eigenvalue weighted by molar-refractivity contribution is 7.71. The van der Waals surface area contributed by atoms with E-state index in [0.29, 0.717) is 35.6 Å². The molecule has 0 saturated carbocycles. The topological polar surface area (TPSA) is 108 Å². The molecular weight excluding hydrogens is 296 g/mol. The Labute approximate surface area is 123 Å². The molecule has 0 radical (unpaired) electrons. The number of H-pyrrole nitrogens is 2. The molecule has 110 valence electrons. The summed E-state index contributed by atoms with van der Waals surface area (Å²) < 4.78 is 5.46. The molecule has 0 unspecified atom stereocenters. The normalized spacial score (nSPS) is 14.9. The molecule has 2 aromatic heterocycles. The van der Waals surface area contributed by atoms with Crippen LogP contribution in [0.1, 0.15) is 17.0 Å². The Bertz CT molecular complexity index is 806. The first kappa shape index (κ1) is 13.7. The lowest BCUT2D eigenvalue weighted by Gasteiger charge is -2.26. The highest BCUT2D eigenvalue weighted by Crippen LogP contribution is 2.20. The third-order valence-corrected chi connectivity index (χ3v) is 3.60. The lowest BCUT2D eigenvalue weighted by molar-refractivity contribution is -0.402. The van der Waals surface area contributed by atoms with E-state index in [-0.39, 0.29) is 11.4 Å². The predicted octanol–water partition coefficient (Wildman–Crippen LogP) is 1.49. The van der Waals surface area contributed by atoms with Gasteiger partial charge in [-0.05, 0) is 18.3 Å². The van der Waals surface area contributed by atoms with Crippen LogP contribution in [0.3, 0.4) is 0 Å². The van der Waals surface area contributed by atoms with E-state index in [1.54, 1.807) is 6.07 Å². The zero-order chi connectivity index (χ0) is 15.0. The molecule has 8 nitrogen and oxygen atoms in total. The molecule has 0 aliphatic carbocycles. The van der Waals surface area contributed by atoms with Gasteiger partial charge in [-0.3, -0.25) is 24.8 Å². The lowest BCUT2D eigenvalue weighted by atomic mass is 10.1. The van der Waals surface area contributed by atoms with Gasteiger partial charge in [0.2, 0.25) is 0 Å². The molecular formula is C12H12N4O4S. The van der Waals surface area contributed by atoms with Gasteiger partial charge in [-0.15, -0.1) is 0 Å². The van der Waals surface area contributed by atoms with Crippen LogP contribution in [-0.2, 0) is 19.5 Å². The number of rotatable bonds is 3. The van der Waals surface area contributed by atoms with Crippen LogP contribution in [0, 0.1) is 14.9 Å². The minimum absolute atomic E-state index is 0.191. The minimum atomic E-state index is -0.570. The first-order valence-electron chi connectivity index (χ1n) is 6.33.